The van der Waals surface area contributed by atoms with Crippen LogP contribution in [0, 0.1) is 10.8 Å². The van der Waals surface area contributed by atoms with Crippen molar-refractivity contribution >= 4 is 11.9 Å². The summed E-state index contributed by atoms with van der Waals surface area (Å²) < 4.78 is 15.7. The summed E-state index contributed by atoms with van der Waals surface area (Å²) in [5.41, 5.74) is -1.03. The van der Waals surface area contributed by atoms with Gasteiger partial charge in [-0.1, -0.05) is 59.8 Å². The maximum absolute atomic E-state index is 13.3. The van der Waals surface area contributed by atoms with Gasteiger partial charge < -0.3 is 19.0 Å². The van der Waals surface area contributed by atoms with Crippen LogP contribution in [-0.2, 0) is 11.2 Å². The molecule has 0 fully saturated rings. The van der Waals surface area contributed by atoms with Gasteiger partial charge in [-0.15, -0.1) is 0 Å². The molecule has 0 aliphatic heterocycles. The first-order valence-electron chi connectivity index (χ1n) is 12.9. The molecule has 2 rings (SSSR count). The van der Waals surface area contributed by atoms with Crippen molar-refractivity contribution in [3.05, 3.63) is 69.9 Å². The number of rotatable bonds is 12. The van der Waals surface area contributed by atoms with Crippen molar-refractivity contribution in [1.82, 2.24) is 5.32 Å². The molecule has 8 heteroatoms. The first-order valence-corrected chi connectivity index (χ1v) is 12.9. The van der Waals surface area contributed by atoms with Crippen LogP contribution in [0.3, 0.4) is 0 Å². The molecule has 1 heterocycles. The molecule has 2 N–H and O–H groups in total. The first kappa shape index (κ1) is 30.7. The Hall–Kier alpha value is -3.55. The van der Waals surface area contributed by atoms with Crippen molar-refractivity contribution in [1.29, 1.82) is 0 Å². The minimum Gasteiger partial charge on any atom is -0.507 e. The molecule has 0 aliphatic rings. The maximum atomic E-state index is 13.3. The summed E-state index contributed by atoms with van der Waals surface area (Å²) >= 11 is 0. The minimum atomic E-state index is -0.953. The van der Waals surface area contributed by atoms with Gasteiger partial charge in [-0.3, -0.25) is 10.1 Å². The number of methoxy groups -OCH3 is 1. The zero-order valence-electron chi connectivity index (χ0n) is 23.6. The minimum absolute atomic E-state index is 0.195. The lowest BCUT2D eigenvalue weighted by atomic mass is 9.79. The number of hydrogen-bond donors (Lipinski definition) is 2. The predicted octanol–water partition coefficient (Wildman–Crippen LogP) is 6.37. The molecule has 1 aromatic heterocycles. The van der Waals surface area contributed by atoms with Gasteiger partial charge in [0.05, 0.1) is 13.7 Å². The number of benzene rings is 1. The van der Waals surface area contributed by atoms with Gasteiger partial charge in [-0.2, -0.15) is 0 Å². The third-order valence-electron chi connectivity index (χ3n) is 6.24. The molecule has 0 saturated heterocycles. The molecule has 0 bridgehead atoms. The summed E-state index contributed by atoms with van der Waals surface area (Å²) in [5, 5.41) is 13.1. The second-order valence-corrected chi connectivity index (χ2v) is 11.4. The fraction of sp³-hybridized carbons (Fsp3) is 0.500. The molecular weight excluding hydrogens is 486 g/mol. The standard InChI is InChI=1S/C30H41NO7/c1-20(10-8-9-16-31-28(35)36-7)24-18-23(32)25(27(34)38-24)26(33)30(5,6)19-21-11-13-22(14-12-21)37-17-15-29(2,3)4/h9,11-14,16,18,20,32H,8,10,15,17,19H2,1-7H3,(H,31,35)/b16-9+. The number of amides is 1. The van der Waals surface area contributed by atoms with E-state index in [2.05, 4.69) is 30.8 Å². The normalized spacial score (nSPS) is 12.8. The van der Waals surface area contributed by atoms with Crippen molar-refractivity contribution in [2.24, 2.45) is 10.8 Å². The summed E-state index contributed by atoms with van der Waals surface area (Å²) in [6, 6.07) is 8.91. The number of ketones is 1. The largest absolute Gasteiger partial charge is 0.507 e. The van der Waals surface area contributed by atoms with Crippen LogP contribution in [0.25, 0.3) is 0 Å². The van der Waals surface area contributed by atoms with Crippen LogP contribution < -0.4 is 15.7 Å². The van der Waals surface area contributed by atoms with Gasteiger partial charge >= 0.3 is 11.7 Å². The van der Waals surface area contributed by atoms with E-state index in [-0.39, 0.29) is 22.6 Å². The molecule has 0 aliphatic carbocycles. The van der Waals surface area contributed by atoms with E-state index in [1.165, 1.54) is 19.4 Å². The number of nitrogens with one attached hydrogen (secondary N) is 1. The Labute approximate surface area is 225 Å². The van der Waals surface area contributed by atoms with Gasteiger partial charge in [0.15, 0.2) is 5.78 Å². The molecule has 8 nitrogen and oxygen atoms in total. The van der Waals surface area contributed by atoms with Crippen molar-refractivity contribution in [3.8, 4) is 11.5 Å². The first-order chi connectivity index (χ1) is 17.7. The second-order valence-electron chi connectivity index (χ2n) is 11.4. The molecule has 1 atom stereocenters. The highest BCUT2D eigenvalue weighted by atomic mass is 16.5. The highest BCUT2D eigenvalue weighted by molar-refractivity contribution is 6.02. The summed E-state index contributed by atoms with van der Waals surface area (Å²) in [6.07, 6.45) is 5.15. The zero-order valence-corrected chi connectivity index (χ0v) is 23.6. The molecule has 1 unspecified atom stereocenters. The number of hydrogen-bond acceptors (Lipinski definition) is 7. The number of carbonyl (C=O) groups excluding carboxylic acids is 2. The molecule has 2 aromatic rings. The summed E-state index contributed by atoms with van der Waals surface area (Å²) in [6.45, 7) is 12.5. The van der Waals surface area contributed by atoms with Crippen LogP contribution in [0.4, 0.5) is 4.79 Å². The maximum Gasteiger partial charge on any atom is 0.410 e. The van der Waals surface area contributed by atoms with E-state index in [0.717, 1.165) is 17.7 Å². The Morgan fingerprint density at radius 2 is 1.79 bits per heavy atom. The van der Waals surface area contributed by atoms with E-state index in [1.807, 2.05) is 31.2 Å². The van der Waals surface area contributed by atoms with Crippen molar-refractivity contribution in [2.75, 3.05) is 13.7 Å². The summed E-state index contributed by atoms with van der Waals surface area (Å²) in [4.78, 5) is 37.1. The summed E-state index contributed by atoms with van der Waals surface area (Å²) in [5.74, 6) is -0.00630. The number of carbonyl (C=O) groups is 2. The average molecular weight is 528 g/mol. The molecule has 0 spiro atoms. The Kier molecular flexibility index (Phi) is 10.7. The lowest BCUT2D eigenvalue weighted by Gasteiger charge is -2.23. The quantitative estimate of drug-likeness (QED) is 0.308. The van der Waals surface area contributed by atoms with Crippen molar-refractivity contribution in [3.63, 3.8) is 0 Å². The topological polar surface area (TPSA) is 115 Å². The predicted molar refractivity (Wildman–Crippen MR) is 147 cm³/mol. The number of ether oxygens (including phenoxy) is 2. The highest BCUT2D eigenvalue weighted by Gasteiger charge is 2.34. The molecule has 0 saturated carbocycles. The molecule has 38 heavy (non-hydrogen) atoms. The third-order valence-corrected chi connectivity index (χ3v) is 6.24. The zero-order chi connectivity index (χ0) is 28.5. The lowest BCUT2D eigenvalue weighted by Crippen LogP contribution is -2.31. The van der Waals surface area contributed by atoms with Crippen LogP contribution in [0.5, 0.6) is 11.5 Å². The smallest absolute Gasteiger partial charge is 0.410 e. The third kappa shape index (κ3) is 9.39. The van der Waals surface area contributed by atoms with Crippen LogP contribution >= 0.6 is 0 Å². The monoisotopic (exact) mass is 527 g/mol. The van der Waals surface area contributed by atoms with Gasteiger partial charge in [0.25, 0.3) is 0 Å². The van der Waals surface area contributed by atoms with Gasteiger partial charge in [0.1, 0.15) is 22.8 Å². The fourth-order valence-corrected chi connectivity index (χ4v) is 3.82. The number of alkyl carbamates (subject to hydrolysis) is 1. The highest BCUT2D eigenvalue weighted by Crippen LogP contribution is 2.32. The number of allylic oxidation sites excluding steroid dienone is 1. The van der Waals surface area contributed by atoms with Crippen molar-refractivity contribution < 1.29 is 28.6 Å². The summed E-state index contributed by atoms with van der Waals surface area (Å²) in [7, 11) is 1.28. The van der Waals surface area contributed by atoms with Crippen LogP contribution in [0.2, 0.25) is 0 Å². The van der Waals surface area contributed by atoms with Crippen molar-refractivity contribution in [2.45, 2.75) is 73.1 Å². The van der Waals surface area contributed by atoms with Gasteiger partial charge in [0, 0.05) is 23.6 Å². The molecule has 0 radical (unpaired) electrons. The molecule has 208 valence electrons. The molecule has 1 aromatic carbocycles. The molecular formula is C30H41NO7. The van der Waals surface area contributed by atoms with E-state index < -0.39 is 22.9 Å². The van der Waals surface area contributed by atoms with Crippen LogP contribution in [0.15, 0.2) is 51.8 Å². The van der Waals surface area contributed by atoms with Gasteiger partial charge in [-0.25, -0.2) is 9.59 Å². The van der Waals surface area contributed by atoms with E-state index >= 15 is 0 Å². The Morgan fingerprint density at radius 1 is 1.13 bits per heavy atom. The lowest BCUT2D eigenvalue weighted by molar-refractivity contribution is 0.0829. The number of aromatic hydroxyl groups is 1. The fourth-order valence-electron chi connectivity index (χ4n) is 3.82. The van der Waals surface area contributed by atoms with E-state index in [4.69, 9.17) is 9.15 Å². The van der Waals surface area contributed by atoms with E-state index in [0.29, 0.717) is 31.6 Å². The Morgan fingerprint density at radius 3 is 2.37 bits per heavy atom. The SMILES string of the molecule is COC(=O)N/C=C/CCC(C)c1cc(O)c(C(=O)C(C)(C)Cc2ccc(OCCC(C)(C)C)cc2)c(=O)o1. The number of Topliss-reactive ketones (excluding diaryl/α,β-unsaturated/α-hetero) is 1. The Balaban J connectivity index is 2.05. The van der Waals surface area contributed by atoms with E-state index in [9.17, 15) is 19.5 Å². The van der Waals surface area contributed by atoms with E-state index in [1.54, 1.807) is 19.9 Å². The Bertz CT molecular complexity index is 1170. The van der Waals surface area contributed by atoms with Gasteiger partial charge in [-0.05, 0) is 48.8 Å². The average Bonchev–Trinajstić information content (AvgIpc) is 2.83. The van der Waals surface area contributed by atoms with Crippen LogP contribution in [0.1, 0.15) is 88.4 Å². The second kappa shape index (κ2) is 13.3. The molecule has 1 amide bonds. The van der Waals surface area contributed by atoms with Gasteiger partial charge in [0.2, 0.25) is 0 Å². The van der Waals surface area contributed by atoms with Crippen LogP contribution in [-0.4, -0.2) is 30.7 Å².